The second kappa shape index (κ2) is 6.11. The van der Waals surface area contributed by atoms with Crippen molar-refractivity contribution in [3.05, 3.63) is 17.6 Å². The van der Waals surface area contributed by atoms with E-state index in [9.17, 15) is 0 Å². The van der Waals surface area contributed by atoms with Crippen molar-refractivity contribution in [2.24, 2.45) is 0 Å². The molecule has 5 nitrogen and oxygen atoms in total. The van der Waals surface area contributed by atoms with Crippen LogP contribution in [0.25, 0.3) is 0 Å². The Morgan fingerprint density at radius 1 is 1.44 bits per heavy atom. The van der Waals surface area contributed by atoms with E-state index in [-0.39, 0.29) is 0 Å². The molecule has 2 rings (SSSR count). The molecule has 0 amide bonds. The molecular formula is C13H22N4O. The molecule has 2 heterocycles. The summed E-state index contributed by atoms with van der Waals surface area (Å²) in [4.78, 5) is 10.8. The zero-order valence-corrected chi connectivity index (χ0v) is 11.2. The smallest absolute Gasteiger partial charge is 0.144 e. The Hall–Kier alpha value is -1.20. The quantitative estimate of drug-likeness (QED) is 0.874. The summed E-state index contributed by atoms with van der Waals surface area (Å²) in [6, 6.07) is 1.79. The van der Waals surface area contributed by atoms with Crippen LogP contribution >= 0.6 is 0 Å². The van der Waals surface area contributed by atoms with Gasteiger partial charge in [-0.05, 0) is 33.2 Å². The van der Waals surface area contributed by atoms with Crippen molar-refractivity contribution in [2.75, 3.05) is 25.9 Å². The first-order chi connectivity index (χ1) is 8.63. The lowest BCUT2D eigenvalue weighted by atomic mass is 10.1. The minimum absolute atomic E-state index is 0.353. The number of aryl methyl sites for hydroxylation is 1. The van der Waals surface area contributed by atoms with Crippen LogP contribution in [0.5, 0.6) is 0 Å². The highest BCUT2D eigenvalue weighted by Crippen LogP contribution is 2.14. The van der Waals surface area contributed by atoms with Gasteiger partial charge in [-0.15, -0.1) is 0 Å². The molecule has 5 heteroatoms. The molecule has 1 fully saturated rings. The van der Waals surface area contributed by atoms with Crippen LogP contribution < -0.4 is 5.73 Å². The fraction of sp³-hybridized carbons (Fsp3) is 0.692. The van der Waals surface area contributed by atoms with Gasteiger partial charge in [0.1, 0.15) is 11.6 Å². The molecule has 1 aromatic rings. The number of nitrogens with zero attached hydrogens (tertiary/aromatic N) is 3. The first-order valence-corrected chi connectivity index (χ1v) is 6.53. The van der Waals surface area contributed by atoms with Crippen LogP contribution in [0.1, 0.15) is 30.8 Å². The van der Waals surface area contributed by atoms with Crippen molar-refractivity contribution in [1.29, 1.82) is 0 Å². The zero-order valence-electron chi connectivity index (χ0n) is 11.2. The number of rotatable bonds is 4. The minimum Gasteiger partial charge on any atom is -0.384 e. The Kier molecular flexibility index (Phi) is 4.49. The maximum Gasteiger partial charge on any atom is 0.144 e. The van der Waals surface area contributed by atoms with E-state index in [0.717, 1.165) is 31.1 Å². The summed E-state index contributed by atoms with van der Waals surface area (Å²) in [5, 5.41) is 0. The van der Waals surface area contributed by atoms with E-state index in [4.69, 9.17) is 10.5 Å². The van der Waals surface area contributed by atoms with Crippen molar-refractivity contribution in [2.45, 2.75) is 38.8 Å². The van der Waals surface area contributed by atoms with Crippen molar-refractivity contribution in [1.82, 2.24) is 14.9 Å². The summed E-state index contributed by atoms with van der Waals surface area (Å²) in [6.45, 7) is 4.47. The highest BCUT2D eigenvalue weighted by Gasteiger charge is 2.16. The lowest BCUT2D eigenvalue weighted by Crippen LogP contribution is -2.33. The van der Waals surface area contributed by atoms with Gasteiger partial charge in [0.05, 0.1) is 12.6 Å². The monoisotopic (exact) mass is 250 g/mol. The van der Waals surface area contributed by atoms with Crippen LogP contribution in [0.2, 0.25) is 0 Å². The molecule has 1 aromatic heterocycles. The van der Waals surface area contributed by atoms with Crippen molar-refractivity contribution in [3.8, 4) is 0 Å². The summed E-state index contributed by atoms with van der Waals surface area (Å²) in [7, 11) is 2.07. The lowest BCUT2D eigenvalue weighted by molar-refractivity contribution is -0.00291. The summed E-state index contributed by atoms with van der Waals surface area (Å²) in [5.74, 6) is 1.32. The number of nitrogens with two attached hydrogens (primary N) is 1. The molecule has 18 heavy (non-hydrogen) atoms. The van der Waals surface area contributed by atoms with E-state index in [0.29, 0.717) is 18.5 Å². The molecule has 1 saturated heterocycles. The predicted molar refractivity (Wildman–Crippen MR) is 71.1 cm³/mol. The SMILES string of the molecule is Cc1cc(N)nc(CN(C)CC2CCCCO2)n1. The Bertz CT molecular complexity index is 370. The van der Waals surface area contributed by atoms with Gasteiger partial charge in [0.25, 0.3) is 0 Å². The number of nitrogen functional groups attached to an aromatic ring is 1. The normalized spacial score (nSPS) is 20.3. The molecule has 1 unspecified atom stereocenters. The molecule has 0 bridgehead atoms. The Labute approximate surface area is 108 Å². The molecule has 1 aliphatic rings. The number of aromatic nitrogens is 2. The first-order valence-electron chi connectivity index (χ1n) is 6.53. The standard InChI is InChI=1S/C13H22N4O/c1-10-7-12(14)16-13(15-10)9-17(2)8-11-5-3-4-6-18-11/h7,11H,3-6,8-9H2,1-2H3,(H2,14,15,16). The van der Waals surface area contributed by atoms with Gasteiger partial charge in [0.2, 0.25) is 0 Å². The third-order valence-corrected chi connectivity index (χ3v) is 3.12. The predicted octanol–water partition coefficient (Wildman–Crippen LogP) is 1.37. The molecule has 0 aromatic carbocycles. The topological polar surface area (TPSA) is 64.3 Å². The molecule has 1 atom stereocenters. The van der Waals surface area contributed by atoms with E-state index in [1.54, 1.807) is 6.07 Å². The van der Waals surface area contributed by atoms with E-state index in [1.165, 1.54) is 12.8 Å². The van der Waals surface area contributed by atoms with Crippen LogP contribution in [-0.2, 0) is 11.3 Å². The molecule has 1 aliphatic heterocycles. The molecular weight excluding hydrogens is 228 g/mol. The van der Waals surface area contributed by atoms with Crippen molar-refractivity contribution >= 4 is 5.82 Å². The largest absolute Gasteiger partial charge is 0.384 e. The summed E-state index contributed by atoms with van der Waals surface area (Å²) >= 11 is 0. The van der Waals surface area contributed by atoms with Gasteiger partial charge in [0, 0.05) is 24.9 Å². The van der Waals surface area contributed by atoms with Gasteiger partial charge in [0.15, 0.2) is 0 Å². The maximum atomic E-state index is 5.73. The summed E-state index contributed by atoms with van der Waals surface area (Å²) in [6.07, 6.45) is 3.97. The highest BCUT2D eigenvalue weighted by molar-refractivity contribution is 5.29. The number of ether oxygens (including phenoxy) is 1. The van der Waals surface area contributed by atoms with Crippen LogP contribution in [0.4, 0.5) is 5.82 Å². The second-order valence-corrected chi connectivity index (χ2v) is 5.04. The molecule has 0 radical (unpaired) electrons. The number of hydrogen-bond acceptors (Lipinski definition) is 5. The van der Waals surface area contributed by atoms with Crippen LogP contribution in [-0.4, -0.2) is 41.2 Å². The Morgan fingerprint density at radius 2 is 2.28 bits per heavy atom. The number of anilines is 1. The van der Waals surface area contributed by atoms with Gasteiger partial charge in [-0.25, -0.2) is 9.97 Å². The Morgan fingerprint density at radius 3 is 2.94 bits per heavy atom. The van der Waals surface area contributed by atoms with Gasteiger partial charge >= 0.3 is 0 Å². The van der Waals surface area contributed by atoms with Crippen LogP contribution in [0.15, 0.2) is 6.07 Å². The first kappa shape index (κ1) is 13.2. The average Bonchev–Trinajstić information content (AvgIpc) is 2.28. The van der Waals surface area contributed by atoms with E-state index >= 15 is 0 Å². The van der Waals surface area contributed by atoms with E-state index in [1.807, 2.05) is 6.92 Å². The molecule has 0 aliphatic carbocycles. The maximum absolute atomic E-state index is 5.73. The van der Waals surface area contributed by atoms with E-state index in [2.05, 4.69) is 21.9 Å². The Balaban J connectivity index is 1.87. The van der Waals surface area contributed by atoms with Crippen LogP contribution in [0, 0.1) is 6.92 Å². The zero-order chi connectivity index (χ0) is 13.0. The lowest BCUT2D eigenvalue weighted by Gasteiger charge is -2.27. The van der Waals surface area contributed by atoms with Gasteiger partial charge < -0.3 is 10.5 Å². The fourth-order valence-corrected chi connectivity index (χ4v) is 2.33. The summed E-state index contributed by atoms with van der Waals surface area (Å²) in [5.41, 5.74) is 6.64. The fourth-order valence-electron chi connectivity index (χ4n) is 2.33. The van der Waals surface area contributed by atoms with Gasteiger partial charge in [-0.2, -0.15) is 0 Å². The second-order valence-electron chi connectivity index (χ2n) is 5.04. The third-order valence-electron chi connectivity index (χ3n) is 3.12. The number of likely N-dealkylation sites (N-methyl/N-ethyl adjacent to an activating group) is 1. The molecule has 2 N–H and O–H groups in total. The van der Waals surface area contributed by atoms with E-state index < -0.39 is 0 Å². The minimum atomic E-state index is 0.353. The summed E-state index contributed by atoms with van der Waals surface area (Å²) < 4.78 is 5.73. The molecule has 0 spiro atoms. The van der Waals surface area contributed by atoms with Gasteiger partial charge in [-0.1, -0.05) is 0 Å². The molecule has 0 saturated carbocycles. The van der Waals surface area contributed by atoms with Crippen molar-refractivity contribution in [3.63, 3.8) is 0 Å². The van der Waals surface area contributed by atoms with Crippen LogP contribution in [0.3, 0.4) is 0 Å². The highest BCUT2D eigenvalue weighted by atomic mass is 16.5. The average molecular weight is 250 g/mol. The molecule has 100 valence electrons. The third kappa shape index (κ3) is 3.92. The number of hydrogen-bond donors (Lipinski definition) is 1. The van der Waals surface area contributed by atoms with Crippen molar-refractivity contribution < 1.29 is 4.74 Å². The van der Waals surface area contributed by atoms with Gasteiger partial charge in [-0.3, -0.25) is 4.90 Å².